The molecule has 0 fully saturated rings. The van der Waals surface area contributed by atoms with E-state index >= 15 is 0 Å². The van der Waals surface area contributed by atoms with E-state index in [4.69, 9.17) is 9.47 Å². The zero-order chi connectivity index (χ0) is 9.84. The second-order valence-electron chi connectivity index (χ2n) is 2.72. The monoisotopic (exact) mass is 244 g/mol. The van der Waals surface area contributed by atoms with Gasteiger partial charge in [-0.25, -0.2) is 0 Å². The van der Waals surface area contributed by atoms with Crippen LogP contribution in [0.1, 0.15) is 11.1 Å². The van der Waals surface area contributed by atoms with Gasteiger partial charge in [0.1, 0.15) is 11.5 Å². The van der Waals surface area contributed by atoms with E-state index < -0.39 is 0 Å². The van der Waals surface area contributed by atoms with Gasteiger partial charge in [0.15, 0.2) is 0 Å². The summed E-state index contributed by atoms with van der Waals surface area (Å²) in [5.41, 5.74) is 2.18. The normalized spacial score (nSPS) is 9.85. The van der Waals surface area contributed by atoms with Gasteiger partial charge < -0.3 is 9.47 Å². The van der Waals surface area contributed by atoms with Crippen LogP contribution in [0.2, 0.25) is 0 Å². The lowest BCUT2D eigenvalue weighted by atomic mass is 10.1. The summed E-state index contributed by atoms with van der Waals surface area (Å²) in [6.07, 6.45) is 0. The molecule has 0 bridgehead atoms. The lowest BCUT2D eigenvalue weighted by molar-refractivity contribution is 0.386. The molecule has 0 N–H and O–H groups in total. The molecule has 0 amide bonds. The molecule has 0 radical (unpaired) electrons. The van der Waals surface area contributed by atoms with Gasteiger partial charge in [0, 0.05) is 16.5 Å². The third-order valence-electron chi connectivity index (χ3n) is 2.01. The van der Waals surface area contributed by atoms with Crippen molar-refractivity contribution >= 4 is 15.9 Å². The van der Waals surface area contributed by atoms with Crippen LogP contribution in [0.5, 0.6) is 11.5 Å². The summed E-state index contributed by atoms with van der Waals surface area (Å²) in [6, 6.07) is 3.95. The van der Waals surface area contributed by atoms with Crippen LogP contribution in [0, 0.1) is 6.92 Å². The van der Waals surface area contributed by atoms with E-state index in [9.17, 15) is 0 Å². The first-order valence-electron chi connectivity index (χ1n) is 4.01. The summed E-state index contributed by atoms with van der Waals surface area (Å²) in [4.78, 5) is 0. The van der Waals surface area contributed by atoms with E-state index in [1.807, 2.05) is 19.1 Å². The fourth-order valence-corrected chi connectivity index (χ4v) is 1.78. The van der Waals surface area contributed by atoms with Gasteiger partial charge in [-0.1, -0.05) is 22.0 Å². The summed E-state index contributed by atoms with van der Waals surface area (Å²) < 4.78 is 10.5. The van der Waals surface area contributed by atoms with Crippen molar-refractivity contribution < 1.29 is 9.47 Å². The van der Waals surface area contributed by atoms with Crippen LogP contribution in [0.3, 0.4) is 0 Å². The van der Waals surface area contributed by atoms with E-state index in [1.165, 1.54) is 0 Å². The molecule has 0 aliphatic carbocycles. The fourth-order valence-electron chi connectivity index (χ4n) is 1.34. The molecule has 0 atom stereocenters. The number of rotatable bonds is 3. The van der Waals surface area contributed by atoms with Gasteiger partial charge in [-0.2, -0.15) is 0 Å². The lowest BCUT2D eigenvalue weighted by Gasteiger charge is -2.12. The van der Waals surface area contributed by atoms with Crippen molar-refractivity contribution in [3.05, 3.63) is 23.3 Å². The standard InChI is InChI=1S/C10H13BrO2/c1-7-9(12-2)5-4-8(6-11)10(7)13-3/h4-5H,6H2,1-3H3. The molecular formula is C10H13BrO2. The third kappa shape index (κ3) is 1.97. The number of benzene rings is 1. The Balaban J connectivity index is 3.23. The van der Waals surface area contributed by atoms with Crippen LogP contribution >= 0.6 is 15.9 Å². The van der Waals surface area contributed by atoms with E-state index in [0.717, 1.165) is 28.0 Å². The van der Waals surface area contributed by atoms with Crippen molar-refractivity contribution in [3.63, 3.8) is 0 Å². The van der Waals surface area contributed by atoms with Crippen LogP contribution in [0.25, 0.3) is 0 Å². The zero-order valence-corrected chi connectivity index (χ0v) is 9.64. The average Bonchev–Trinajstić information content (AvgIpc) is 2.17. The molecule has 0 saturated carbocycles. The zero-order valence-electron chi connectivity index (χ0n) is 8.06. The van der Waals surface area contributed by atoms with Crippen molar-refractivity contribution in [3.8, 4) is 11.5 Å². The molecule has 2 nitrogen and oxygen atoms in total. The molecule has 0 spiro atoms. The highest BCUT2D eigenvalue weighted by molar-refractivity contribution is 9.08. The number of hydrogen-bond acceptors (Lipinski definition) is 2. The van der Waals surface area contributed by atoms with Crippen molar-refractivity contribution in [2.24, 2.45) is 0 Å². The van der Waals surface area contributed by atoms with Gasteiger partial charge in [0.2, 0.25) is 0 Å². The Morgan fingerprint density at radius 2 is 1.92 bits per heavy atom. The predicted octanol–water partition coefficient (Wildman–Crippen LogP) is 2.91. The van der Waals surface area contributed by atoms with Gasteiger partial charge in [0.05, 0.1) is 14.2 Å². The van der Waals surface area contributed by atoms with Gasteiger partial charge in [-0.15, -0.1) is 0 Å². The predicted molar refractivity (Wildman–Crippen MR) is 56.9 cm³/mol. The molecule has 0 aromatic heterocycles. The molecule has 0 aliphatic heterocycles. The maximum absolute atomic E-state index is 5.30. The Labute approximate surface area is 87.0 Å². The Morgan fingerprint density at radius 3 is 2.38 bits per heavy atom. The first-order chi connectivity index (χ1) is 6.24. The van der Waals surface area contributed by atoms with Crippen LogP contribution in [0.15, 0.2) is 12.1 Å². The highest BCUT2D eigenvalue weighted by atomic mass is 79.9. The van der Waals surface area contributed by atoms with Crippen LogP contribution < -0.4 is 9.47 Å². The van der Waals surface area contributed by atoms with Gasteiger partial charge >= 0.3 is 0 Å². The summed E-state index contributed by atoms with van der Waals surface area (Å²) in [5, 5.41) is 0.793. The largest absolute Gasteiger partial charge is 0.496 e. The molecule has 1 rings (SSSR count). The minimum atomic E-state index is 0.793. The Morgan fingerprint density at radius 1 is 1.23 bits per heavy atom. The van der Waals surface area contributed by atoms with E-state index in [1.54, 1.807) is 14.2 Å². The second-order valence-corrected chi connectivity index (χ2v) is 3.28. The smallest absolute Gasteiger partial charge is 0.129 e. The van der Waals surface area contributed by atoms with E-state index in [-0.39, 0.29) is 0 Å². The Hall–Kier alpha value is -0.700. The minimum Gasteiger partial charge on any atom is -0.496 e. The molecule has 0 heterocycles. The van der Waals surface area contributed by atoms with E-state index in [0.29, 0.717) is 0 Å². The average molecular weight is 245 g/mol. The number of hydrogen-bond donors (Lipinski definition) is 0. The second kappa shape index (κ2) is 4.51. The molecule has 72 valence electrons. The topological polar surface area (TPSA) is 18.5 Å². The quantitative estimate of drug-likeness (QED) is 0.762. The SMILES string of the molecule is COc1ccc(CBr)c(OC)c1C. The first-order valence-corrected chi connectivity index (χ1v) is 5.13. The summed E-state index contributed by atoms with van der Waals surface area (Å²) in [6.45, 7) is 1.99. The van der Waals surface area contributed by atoms with Crippen molar-refractivity contribution in [1.82, 2.24) is 0 Å². The Bertz CT molecular complexity index is 297. The van der Waals surface area contributed by atoms with Crippen molar-refractivity contribution in [2.75, 3.05) is 14.2 Å². The molecular weight excluding hydrogens is 232 g/mol. The number of alkyl halides is 1. The maximum Gasteiger partial charge on any atom is 0.129 e. The fraction of sp³-hybridized carbons (Fsp3) is 0.400. The van der Waals surface area contributed by atoms with Crippen molar-refractivity contribution in [2.45, 2.75) is 12.3 Å². The molecule has 0 saturated heterocycles. The summed E-state index contributed by atoms with van der Waals surface area (Å²) in [7, 11) is 3.34. The minimum absolute atomic E-state index is 0.793. The van der Waals surface area contributed by atoms with Gasteiger partial charge in [-0.3, -0.25) is 0 Å². The molecule has 1 aromatic rings. The first kappa shape index (κ1) is 10.4. The number of halogens is 1. The van der Waals surface area contributed by atoms with Crippen molar-refractivity contribution in [1.29, 1.82) is 0 Å². The summed E-state index contributed by atoms with van der Waals surface area (Å²) >= 11 is 3.41. The molecule has 0 unspecified atom stereocenters. The molecule has 3 heteroatoms. The highest BCUT2D eigenvalue weighted by Crippen LogP contribution is 2.32. The van der Waals surface area contributed by atoms with Gasteiger partial charge in [0.25, 0.3) is 0 Å². The number of methoxy groups -OCH3 is 2. The molecule has 0 aliphatic rings. The highest BCUT2D eigenvalue weighted by Gasteiger charge is 2.09. The number of ether oxygens (including phenoxy) is 2. The molecule has 1 aromatic carbocycles. The maximum atomic E-state index is 5.30. The van der Waals surface area contributed by atoms with Crippen LogP contribution in [-0.4, -0.2) is 14.2 Å². The van der Waals surface area contributed by atoms with E-state index in [2.05, 4.69) is 15.9 Å². The summed E-state index contributed by atoms with van der Waals surface area (Å²) in [5.74, 6) is 1.76. The lowest BCUT2D eigenvalue weighted by Crippen LogP contribution is -1.95. The third-order valence-corrected chi connectivity index (χ3v) is 2.61. The van der Waals surface area contributed by atoms with Gasteiger partial charge in [-0.05, 0) is 13.0 Å². The Kier molecular flexibility index (Phi) is 3.60. The van der Waals surface area contributed by atoms with Crippen LogP contribution in [-0.2, 0) is 5.33 Å². The molecule has 13 heavy (non-hydrogen) atoms. The van der Waals surface area contributed by atoms with Crippen LogP contribution in [0.4, 0.5) is 0 Å².